The summed E-state index contributed by atoms with van der Waals surface area (Å²) in [5, 5.41) is 16.3. The fraction of sp³-hybridized carbons (Fsp3) is 0.750. The second kappa shape index (κ2) is 16.6. The second-order valence-electron chi connectivity index (χ2n) is 2.80. The lowest BCUT2D eigenvalue weighted by Gasteiger charge is -2.00. The van der Waals surface area contributed by atoms with E-state index in [4.69, 9.17) is 25.9 Å². The summed E-state index contributed by atoms with van der Waals surface area (Å²) in [6.45, 7) is 0. The first-order valence-corrected chi connectivity index (χ1v) is 7.60. The van der Waals surface area contributed by atoms with Crippen molar-refractivity contribution in [1.82, 2.24) is 0 Å². The van der Waals surface area contributed by atoms with Gasteiger partial charge >= 0.3 is 11.9 Å². The molecule has 0 aromatic rings. The molecule has 0 saturated heterocycles. The number of hydrogen-bond acceptors (Lipinski definition) is 8. The molecular formula is C8H18N2O5S3. The van der Waals surface area contributed by atoms with Gasteiger partial charge in [0.25, 0.3) is 0 Å². The van der Waals surface area contributed by atoms with Crippen molar-refractivity contribution < 1.29 is 24.0 Å². The molecule has 0 amide bonds. The van der Waals surface area contributed by atoms with Gasteiger partial charge in [0.1, 0.15) is 12.1 Å². The van der Waals surface area contributed by atoms with Crippen molar-refractivity contribution in [2.24, 2.45) is 11.5 Å². The Labute approximate surface area is 120 Å². The molecule has 0 fully saturated rings. The maximum absolute atomic E-state index is 9.95. The average molecular weight is 318 g/mol. The highest BCUT2D eigenvalue weighted by atomic mass is 32.2. The molecule has 7 nitrogen and oxygen atoms in total. The topological polar surface area (TPSA) is 144 Å². The monoisotopic (exact) mass is 318 g/mol. The van der Waals surface area contributed by atoms with Gasteiger partial charge in [0, 0.05) is 11.5 Å². The first-order valence-electron chi connectivity index (χ1n) is 4.48. The highest BCUT2D eigenvalue weighted by molar-refractivity contribution is 7.98. The minimum Gasteiger partial charge on any atom is -0.480 e. The molecule has 10 heteroatoms. The Kier molecular flexibility index (Phi) is 20.9. The van der Waals surface area contributed by atoms with Crippen LogP contribution in [0.25, 0.3) is 0 Å². The minimum absolute atomic E-state index is 0.481. The Bertz CT molecular complexity index is 211. The SMILES string of the molecule is CSC[C@H](N)C(=O)O.CSC[C@H](N)C(=O)O.O=S. The van der Waals surface area contributed by atoms with Crippen molar-refractivity contribution in [2.75, 3.05) is 24.0 Å². The van der Waals surface area contributed by atoms with Crippen molar-refractivity contribution in [1.29, 1.82) is 0 Å². The number of carboxylic acid groups (broad SMARTS) is 2. The lowest BCUT2D eigenvalue weighted by molar-refractivity contribution is -0.138. The maximum Gasteiger partial charge on any atom is 0.321 e. The van der Waals surface area contributed by atoms with Gasteiger partial charge in [-0.2, -0.15) is 27.7 Å². The number of rotatable bonds is 6. The first kappa shape index (κ1) is 22.7. The number of aliphatic carboxylic acids is 2. The molecule has 0 unspecified atom stereocenters. The van der Waals surface area contributed by atoms with Gasteiger partial charge < -0.3 is 21.7 Å². The van der Waals surface area contributed by atoms with E-state index in [-0.39, 0.29) is 0 Å². The van der Waals surface area contributed by atoms with Crippen LogP contribution in [0.1, 0.15) is 0 Å². The quantitative estimate of drug-likeness (QED) is 0.490. The van der Waals surface area contributed by atoms with Gasteiger partial charge in [-0.15, -0.1) is 0 Å². The number of hydrogen-bond donors (Lipinski definition) is 4. The molecular weight excluding hydrogens is 300 g/mol. The summed E-state index contributed by atoms with van der Waals surface area (Å²) < 4.78 is 7.83. The fourth-order valence-corrected chi connectivity index (χ4v) is 1.51. The van der Waals surface area contributed by atoms with E-state index < -0.39 is 24.0 Å². The summed E-state index contributed by atoms with van der Waals surface area (Å²) in [6.07, 6.45) is 3.64. The minimum atomic E-state index is -0.931. The maximum atomic E-state index is 9.95. The van der Waals surface area contributed by atoms with E-state index in [1.54, 1.807) is 0 Å². The summed E-state index contributed by atoms with van der Waals surface area (Å²) in [5.74, 6) is -0.899. The van der Waals surface area contributed by atoms with Crippen LogP contribution in [-0.4, -0.2) is 62.5 Å². The van der Waals surface area contributed by atoms with E-state index in [0.717, 1.165) is 0 Å². The standard InChI is InChI=1S/2C4H9NO2S.OS/c2*1-8-2-3(5)4(6)7;1-2/h2*3H,2,5H2,1H3,(H,6,7);/t2*3-;/m00./s1. The normalized spacial score (nSPS) is 12.0. The van der Waals surface area contributed by atoms with Crippen LogP contribution in [0.15, 0.2) is 0 Å². The summed E-state index contributed by atoms with van der Waals surface area (Å²) >= 11 is 5.70. The van der Waals surface area contributed by atoms with E-state index in [1.165, 1.54) is 23.5 Å². The van der Waals surface area contributed by atoms with Gasteiger partial charge in [-0.05, 0) is 12.5 Å². The summed E-state index contributed by atoms with van der Waals surface area (Å²) in [7, 11) is 0. The van der Waals surface area contributed by atoms with Crippen LogP contribution in [-0.2, 0) is 22.1 Å². The molecule has 0 radical (unpaired) electrons. The van der Waals surface area contributed by atoms with Crippen LogP contribution >= 0.6 is 23.5 Å². The summed E-state index contributed by atoms with van der Waals surface area (Å²) in [5.41, 5.74) is 10.2. The molecule has 0 spiro atoms. The fourth-order valence-electron chi connectivity index (χ4n) is 0.502. The van der Waals surface area contributed by atoms with Crippen molar-refractivity contribution >= 4 is 48.0 Å². The van der Waals surface area contributed by atoms with Crippen LogP contribution < -0.4 is 11.5 Å². The Balaban J connectivity index is -0.000000219. The van der Waals surface area contributed by atoms with E-state index in [9.17, 15) is 9.59 Å². The van der Waals surface area contributed by atoms with Gasteiger partial charge in [0.2, 0.25) is 0 Å². The van der Waals surface area contributed by atoms with Gasteiger partial charge in [0.15, 0.2) is 12.5 Å². The number of carboxylic acids is 2. The van der Waals surface area contributed by atoms with Crippen molar-refractivity contribution in [3.8, 4) is 0 Å². The molecule has 0 saturated carbocycles. The third-order valence-electron chi connectivity index (χ3n) is 1.33. The highest BCUT2D eigenvalue weighted by Gasteiger charge is 2.08. The highest BCUT2D eigenvalue weighted by Crippen LogP contribution is 1.93. The van der Waals surface area contributed by atoms with Crippen molar-refractivity contribution in [2.45, 2.75) is 12.1 Å². The molecule has 108 valence electrons. The lowest BCUT2D eigenvalue weighted by atomic mass is 10.4. The average Bonchev–Trinajstić information content (AvgIpc) is 2.33. The van der Waals surface area contributed by atoms with Crippen LogP contribution in [0.4, 0.5) is 0 Å². The predicted octanol–water partition coefficient (Wildman–Crippen LogP) is -0.814. The van der Waals surface area contributed by atoms with E-state index in [1.807, 2.05) is 12.5 Å². The smallest absolute Gasteiger partial charge is 0.321 e. The molecule has 0 aliphatic rings. The van der Waals surface area contributed by atoms with Gasteiger partial charge in [-0.25, -0.2) is 0 Å². The second-order valence-corrected chi connectivity index (χ2v) is 4.62. The summed E-state index contributed by atoms with van der Waals surface area (Å²) in [4.78, 5) is 19.9. The largest absolute Gasteiger partial charge is 0.480 e. The van der Waals surface area contributed by atoms with Gasteiger partial charge in [-0.3, -0.25) is 9.59 Å². The number of carbonyl (C=O) groups is 2. The van der Waals surface area contributed by atoms with Crippen LogP contribution in [0.2, 0.25) is 0 Å². The molecule has 18 heavy (non-hydrogen) atoms. The third-order valence-corrected chi connectivity index (χ3v) is 2.71. The molecule has 6 N–H and O–H groups in total. The van der Waals surface area contributed by atoms with E-state index in [0.29, 0.717) is 11.5 Å². The third kappa shape index (κ3) is 18.0. The van der Waals surface area contributed by atoms with Crippen molar-refractivity contribution in [3.63, 3.8) is 0 Å². The molecule has 0 bridgehead atoms. The molecule has 2 atom stereocenters. The summed E-state index contributed by atoms with van der Waals surface area (Å²) in [6, 6.07) is -1.41. The molecule has 0 heterocycles. The number of thioether (sulfide) groups is 2. The molecule has 0 aliphatic heterocycles. The Hall–Kier alpha value is -0.420. The molecule has 0 aromatic carbocycles. The van der Waals surface area contributed by atoms with Crippen LogP contribution in [0, 0.1) is 0 Å². The van der Waals surface area contributed by atoms with Crippen LogP contribution in [0.5, 0.6) is 0 Å². The van der Waals surface area contributed by atoms with E-state index in [2.05, 4.69) is 12.5 Å². The zero-order valence-electron chi connectivity index (χ0n) is 10.1. The lowest BCUT2D eigenvalue weighted by Crippen LogP contribution is -2.32. The molecule has 0 aromatic heterocycles. The molecule has 0 rings (SSSR count). The zero-order valence-corrected chi connectivity index (χ0v) is 12.5. The Morgan fingerprint density at radius 3 is 1.28 bits per heavy atom. The first-order chi connectivity index (χ1) is 8.36. The van der Waals surface area contributed by atoms with Gasteiger partial charge in [0.05, 0.1) is 0 Å². The Morgan fingerprint density at radius 1 is 1.00 bits per heavy atom. The zero-order chi connectivity index (χ0) is 15.1. The predicted molar refractivity (Wildman–Crippen MR) is 76.1 cm³/mol. The van der Waals surface area contributed by atoms with Crippen LogP contribution in [0.3, 0.4) is 0 Å². The van der Waals surface area contributed by atoms with Gasteiger partial charge in [-0.1, -0.05) is 0 Å². The van der Waals surface area contributed by atoms with E-state index >= 15 is 0 Å². The number of nitrogens with two attached hydrogens (primary N) is 2. The van der Waals surface area contributed by atoms with Crippen molar-refractivity contribution in [3.05, 3.63) is 0 Å². The molecule has 0 aliphatic carbocycles. The Morgan fingerprint density at radius 2 is 1.22 bits per heavy atom.